The lowest BCUT2D eigenvalue weighted by molar-refractivity contribution is -0.124. The van der Waals surface area contributed by atoms with Crippen molar-refractivity contribution >= 4 is 32.8 Å². The number of aromatic amines is 1. The van der Waals surface area contributed by atoms with Crippen LogP contribution in [-0.4, -0.2) is 38.4 Å². The van der Waals surface area contributed by atoms with Crippen molar-refractivity contribution in [3.05, 3.63) is 64.8 Å². The second-order valence-corrected chi connectivity index (χ2v) is 9.48. The van der Waals surface area contributed by atoms with Crippen molar-refractivity contribution in [3.8, 4) is 0 Å². The van der Waals surface area contributed by atoms with Crippen LogP contribution < -0.4 is 10.5 Å². The van der Waals surface area contributed by atoms with Gasteiger partial charge in [0.15, 0.2) is 6.61 Å². The van der Waals surface area contributed by atoms with Crippen molar-refractivity contribution in [2.75, 3.05) is 13.2 Å². The van der Waals surface area contributed by atoms with E-state index in [0.717, 1.165) is 35.7 Å². The summed E-state index contributed by atoms with van der Waals surface area (Å²) in [7, 11) is -3.73. The molecule has 0 unspecified atom stereocenters. The number of nitrogens with two attached hydrogens (primary N) is 1. The molecule has 0 aliphatic heterocycles. The maximum atomic E-state index is 12.4. The number of nitrogens with one attached hydrogen (secondary N) is 2. The first-order valence-electron chi connectivity index (χ1n) is 10.5. The minimum absolute atomic E-state index is 0.0375. The van der Waals surface area contributed by atoms with Gasteiger partial charge in [-0.1, -0.05) is 12.1 Å². The number of primary sulfonamides is 1. The van der Waals surface area contributed by atoms with Crippen LogP contribution in [0.1, 0.15) is 40.0 Å². The topological polar surface area (TPSA) is 131 Å². The van der Waals surface area contributed by atoms with E-state index in [0.29, 0.717) is 18.5 Å². The lowest BCUT2D eigenvalue weighted by Crippen LogP contribution is -2.30. The first-order valence-corrected chi connectivity index (χ1v) is 12.0. The summed E-state index contributed by atoms with van der Waals surface area (Å²) in [5.74, 6) is -0.939. The highest BCUT2D eigenvalue weighted by molar-refractivity contribution is 7.89. The Kier molecular flexibility index (Phi) is 6.29. The zero-order valence-electron chi connectivity index (χ0n) is 17.5. The van der Waals surface area contributed by atoms with Crippen molar-refractivity contribution in [1.82, 2.24) is 10.3 Å². The minimum Gasteiger partial charge on any atom is -0.452 e. The highest BCUT2D eigenvalue weighted by atomic mass is 32.2. The van der Waals surface area contributed by atoms with Gasteiger partial charge in [-0.25, -0.2) is 18.4 Å². The summed E-state index contributed by atoms with van der Waals surface area (Å²) >= 11 is 0. The van der Waals surface area contributed by atoms with Crippen molar-refractivity contribution in [3.63, 3.8) is 0 Å². The van der Waals surface area contributed by atoms with E-state index in [2.05, 4.69) is 10.3 Å². The zero-order valence-corrected chi connectivity index (χ0v) is 18.3. The standard InChI is InChI=1S/C23H25N3O5S/c24-32(29,30)17-8-5-15(6-9-17)11-12-25-22(27)14-31-23(28)16-7-10-21-19(13-16)18-3-1-2-4-20(18)26-21/h5-10,13,26H,1-4,11-12,14H2,(H,25,27)(H2,24,29,30). The molecular weight excluding hydrogens is 430 g/mol. The molecule has 0 spiro atoms. The number of carbonyl (C=O) groups is 2. The third kappa shape index (κ3) is 5.00. The molecule has 4 N–H and O–H groups in total. The summed E-state index contributed by atoms with van der Waals surface area (Å²) in [5, 5.41) is 8.80. The Morgan fingerprint density at radius 3 is 2.56 bits per heavy atom. The van der Waals surface area contributed by atoms with E-state index in [-0.39, 0.29) is 11.5 Å². The Balaban J connectivity index is 1.27. The number of aryl methyl sites for hydroxylation is 2. The molecule has 0 fully saturated rings. The lowest BCUT2D eigenvalue weighted by atomic mass is 9.95. The van der Waals surface area contributed by atoms with Crippen LogP contribution in [0.5, 0.6) is 0 Å². The lowest BCUT2D eigenvalue weighted by Gasteiger charge is -2.10. The van der Waals surface area contributed by atoms with Crippen LogP contribution in [0.3, 0.4) is 0 Å². The molecular formula is C23H25N3O5S. The molecule has 0 bridgehead atoms. The number of amides is 1. The van der Waals surface area contributed by atoms with Crippen molar-refractivity contribution in [2.24, 2.45) is 5.14 Å². The quantitative estimate of drug-likeness (QED) is 0.470. The molecule has 4 rings (SSSR count). The van der Waals surface area contributed by atoms with Crippen molar-refractivity contribution < 1.29 is 22.7 Å². The third-order valence-corrected chi connectivity index (χ3v) is 6.59. The normalized spacial score (nSPS) is 13.5. The summed E-state index contributed by atoms with van der Waals surface area (Å²) in [6.07, 6.45) is 4.84. The average molecular weight is 456 g/mol. The van der Waals surface area contributed by atoms with Gasteiger partial charge in [0, 0.05) is 23.1 Å². The summed E-state index contributed by atoms with van der Waals surface area (Å²) in [6.45, 7) is -0.0426. The molecule has 1 aliphatic rings. The second-order valence-electron chi connectivity index (χ2n) is 7.91. The number of rotatable bonds is 7. The summed E-state index contributed by atoms with van der Waals surface area (Å²) in [6, 6.07) is 11.5. The van der Waals surface area contributed by atoms with Gasteiger partial charge in [0.2, 0.25) is 10.0 Å². The largest absolute Gasteiger partial charge is 0.452 e. The van der Waals surface area contributed by atoms with Crippen LogP contribution in [0.2, 0.25) is 0 Å². The van der Waals surface area contributed by atoms with Gasteiger partial charge in [0.1, 0.15) is 0 Å². The molecule has 8 nitrogen and oxygen atoms in total. The molecule has 0 radical (unpaired) electrons. The van der Waals surface area contributed by atoms with E-state index >= 15 is 0 Å². The maximum Gasteiger partial charge on any atom is 0.338 e. The molecule has 168 valence electrons. The van der Waals surface area contributed by atoms with E-state index in [1.165, 1.54) is 29.8 Å². The Morgan fingerprint density at radius 2 is 1.81 bits per heavy atom. The predicted molar refractivity (Wildman–Crippen MR) is 120 cm³/mol. The van der Waals surface area contributed by atoms with Crippen LogP contribution in [0.4, 0.5) is 0 Å². The Hall–Kier alpha value is -3.17. The monoisotopic (exact) mass is 455 g/mol. The molecule has 32 heavy (non-hydrogen) atoms. The fourth-order valence-corrected chi connectivity index (χ4v) is 4.51. The smallest absolute Gasteiger partial charge is 0.338 e. The molecule has 1 heterocycles. The minimum atomic E-state index is -3.73. The zero-order chi connectivity index (χ0) is 22.7. The van der Waals surface area contributed by atoms with Gasteiger partial charge >= 0.3 is 5.97 Å². The van der Waals surface area contributed by atoms with Gasteiger partial charge in [-0.2, -0.15) is 0 Å². The maximum absolute atomic E-state index is 12.4. The molecule has 9 heteroatoms. The average Bonchev–Trinajstić information content (AvgIpc) is 3.15. The number of fused-ring (bicyclic) bond motifs is 3. The number of hydrogen-bond donors (Lipinski definition) is 3. The van der Waals surface area contributed by atoms with Crippen molar-refractivity contribution in [1.29, 1.82) is 0 Å². The molecule has 2 aromatic carbocycles. The molecule has 0 saturated carbocycles. The van der Waals surface area contributed by atoms with Crippen LogP contribution in [-0.2, 0) is 38.8 Å². The number of aromatic nitrogens is 1. The summed E-state index contributed by atoms with van der Waals surface area (Å²) in [5.41, 5.74) is 4.81. The van der Waals surface area contributed by atoms with E-state index in [1.807, 2.05) is 12.1 Å². The molecule has 1 aromatic heterocycles. The first kappa shape index (κ1) is 22.0. The number of benzene rings is 2. The van der Waals surface area contributed by atoms with E-state index < -0.39 is 21.9 Å². The van der Waals surface area contributed by atoms with Gasteiger partial charge in [-0.15, -0.1) is 0 Å². The first-order chi connectivity index (χ1) is 15.3. The van der Waals surface area contributed by atoms with Gasteiger partial charge < -0.3 is 15.0 Å². The number of sulfonamides is 1. The van der Waals surface area contributed by atoms with Crippen LogP contribution in [0.15, 0.2) is 47.4 Å². The van der Waals surface area contributed by atoms with E-state index in [9.17, 15) is 18.0 Å². The molecule has 1 amide bonds. The fraction of sp³-hybridized carbons (Fsp3) is 0.304. The third-order valence-electron chi connectivity index (χ3n) is 5.66. The van der Waals surface area contributed by atoms with Crippen LogP contribution >= 0.6 is 0 Å². The molecule has 0 saturated heterocycles. The number of esters is 1. The van der Waals surface area contributed by atoms with Gasteiger partial charge in [-0.05, 0) is 73.6 Å². The molecule has 0 atom stereocenters. The molecule has 1 aliphatic carbocycles. The Labute approximate surface area is 186 Å². The Morgan fingerprint density at radius 1 is 1.06 bits per heavy atom. The number of carbonyl (C=O) groups excluding carboxylic acids is 2. The fourth-order valence-electron chi connectivity index (χ4n) is 3.99. The van der Waals surface area contributed by atoms with Gasteiger partial charge in [0.25, 0.3) is 5.91 Å². The van der Waals surface area contributed by atoms with E-state index in [1.54, 1.807) is 18.2 Å². The van der Waals surface area contributed by atoms with Crippen molar-refractivity contribution in [2.45, 2.75) is 37.0 Å². The SMILES string of the molecule is NS(=O)(=O)c1ccc(CCNC(=O)COC(=O)c2ccc3[nH]c4c(c3c2)CCCC4)cc1. The molecule has 3 aromatic rings. The summed E-state index contributed by atoms with van der Waals surface area (Å²) < 4.78 is 27.7. The highest BCUT2D eigenvalue weighted by Crippen LogP contribution is 2.29. The van der Waals surface area contributed by atoms with Crippen LogP contribution in [0.25, 0.3) is 10.9 Å². The predicted octanol–water partition coefficient (Wildman–Crippen LogP) is 2.21. The number of ether oxygens (including phenoxy) is 1. The summed E-state index contributed by atoms with van der Waals surface area (Å²) in [4.78, 5) is 27.9. The van der Waals surface area contributed by atoms with Crippen LogP contribution in [0, 0.1) is 0 Å². The highest BCUT2D eigenvalue weighted by Gasteiger charge is 2.17. The van der Waals surface area contributed by atoms with Gasteiger partial charge in [-0.3, -0.25) is 4.79 Å². The van der Waals surface area contributed by atoms with Gasteiger partial charge in [0.05, 0.1) is 10.5 Å². The Bertz CT molecular complexity index is 1260. The number of H-pyrrole nitrogens is 1. The number of hydrogen-bond acceptors (Lipinski definition) is 5. The van der Waals surface area contributed by atoms with E-state index in [4.69, 9.17) is 9.88 Å². The second kappa shape index (κ2) is 9.13.